The molecule has 0 unspecified atom stereocenters. The zero-order chi connectivity index (χ0) is 18.0. The number of halogens is 1. The SMILES string of the molecule is COc1cc(NC(=O)[C@@H]2CC(=O)N(C3CCCC3)C2)c(OC)cc1Cl. The van der Waals surface area contributed by atoms with Crippen LogP contribution >= 0.6 is 11.6 Å². The summed E-state index contributed by atoms with van der Waals surface area (Å²) in [5.41, 5.74) is 0.487. The lowest BCUT2D eigenvalue weighted by Gasteiger charge is -2.24. The van der Waals surface area contributed by atoms with E-state index in [1.165, 1.54) is 14.2 Å². The summed E-state index contributed by atoms with van der Waals surface area (Å²) < 4.78 is 10.5. The van der Waals surface area contributed by atoms with Gasteiger partial charge in [0.2, 0.25) is 11.8 Å². The van der Waals surface area contributed by atoms with Crippen molar-refractivity contribution in [2.24, 2.45) is 5.92 Å². The molecule has 1 aromatic rings. The van der Waals surface area contributed by atoms with Gasteiger partial charge in [0.15, 0.2) is 0 Å². The summed E-state index contributed by atoms with van der Waals surface area (Å²) in [6.45, 7) is 0.488. The van der Waals surface area contributed by atoms with Crippen LogP contribution in [0.5, 0.6) is 11.5 Å². The number of carbonyl (C=O) groups is 2. The second-order valence-corrected chi connectivity index (χ2v) is 6.97. The van der Waals surface area contributed by atoms with Gasteiger partial charge in [-0.2, -0.15) is 0 Å². The van der Waals surface area contributed by atoms with Gasteiger partial charge in [-0.05, 0) is 12.8 Å². The summed E-state index contributed by atoms with van der Waals surface area (Å²) in [4.78, 5) is 26.8. The number of hydrogen-bond donors (Lipinski definition) is 1. The standard InChI is InChI=1S/C18H23ClN2O4/c1-24-15-9-14(16(25-2)8-13(15)19)20-18(23)11-7-17(22)21(10-11)12-5-3-4-6-12/h8-9,11-12H,3-7,10H2,1-2H3,(H,20,23)/t11-/m1/s1. The number of carbonyl (C=O) groups excluding carboxylic acids is 2. The Balaban J connectivity index is 1.71. The fraction of sp³-hybridized carbons (Fsp3) is 0.556. The van der Waals surface area contributed by atoms with E-state index >= 15 is 0 Å². The van der Waals surface area contributed by atoms with Crippen LogP contribution in [0.4, 0.5) is 5.69 Å². The largest absolute Gasteiger partial charge is 0.495 e. The highest BCUT2D eigenvalue weighted by molar-refractivity contribution is 6.32. The second-order valence-electron chi connectivity index (χ2n) is 6.56. The van der Waals surface area contributed by atoms with E-state index < -0.39 is 0 Å². The molecule has 0 radical (unpaired) electrons. The van der Waals surface area contributed by atoms with Crippen LogP contribution in [0.15, 0.2) is 12.1 Å². The summed E-state index contributed by atoms with van der Waals surface area (Å²) in [5, 5.41) is 3.26. The van der Waals surface area contributed by atoms with E-state index in [9.17, 15) is 9.59 Å². The molecule has 0 bridgehead atoms. The van der Waals surface area contributed by atoms with Crippen molar-refractivity contribution in [3.05, 3.63) is 17.2 Å². The Bertz CT molecular complexity index is 673. The van der Waals surface area contributed by atoms with E-state index in [0.29, 0.717) is 34.8 Å². The molecule has 1 N–H and O–H groups in total. The van der Waals surface area contributed by atoms with E-state index in [2.05, 4.69) is 5.32 Å². The van der Waals surface area contributed by atoms with Crippen molar-refractivity contribution in [2.75, 3.05) is 26.1 Å². The molecule has 1 aromatic carbocycles. The molecule has 0 spiro atoms. The molecule has 2 aliphatic rings. The monoisotopic (exact) mass is 366 g/mol. The van der Waals surface area contributed by atoms with Crippen molar-refractivity contribution < 1.29 is 19.1 Å². The van der Waals surface area contributed by atoms with Crippen LogP contribution in [0, 0.1) is 5.92 Å². The van der Waals surface area contributed by atoms with Crippen LogP contribution in [-0.4, -0.2) is 43.5 Å². The lowest BCUT2D eigenvalue weighted by atomic mass is 10.1. The zero-order valence-corrected chi connectivity index (χ0v) is 15.3. The van der Waals surface area contributed by atoms with Crippen molar-refractivity contribution in [1.82, 2.24) is 4.90 Å². The second kappa shape index (κ2) is 7.52. The molecule has 1 saturated heterocycles. The number of benzene rings is 1. The molecule has 1 aliphatic heterocycles. The number of amides is 2. The Labute approximate surface area is 152 Å². The van der Waals surface area contributed by atoms with Gasteiger partial charge in [0.25, 0.3) is 0 Å². The summed E-state index contributed by atoms with van der Waals surface area (Å²) in [5.74, 6) is 0.452. The fourth-order valence-corrected chi connectivity index (χ4v) is 3.90. The molecule has 136 valence electrons. The Morgan fingerprint density at radius 2 is 1.88 bits per heavy atom. The van der Waals surface area contributed by atoms with E-state index in [4.69, 9.17) is 21.1 Å². The predicted molar refractivity (Wildman–Crippen MR) is 95.3 cm³/mol. The number of anilines is 1. The van der Waals surface area contributed by atoms with Crippen LogP contribution in [0.2, 0.25) is 5.02 Å². The highest BCUT2D eigenvalue weighted by Crippen LogP contribution is 2.37. The van der Waals surface area contributed by atoms with Gasteiger partial charge in [-0.1, -0.05) is 24.4 Å². The minimum atomic E-state index is -0.348. The quantitative estimate of drug-likeness (QED) is 0.869. The van der Waals surface area contributed by atoms with E-state index in [1.54, 1.807) is 12.1 Å². The Kier molecular flexibility index (Phi) is 5.37. The maximum atomic E-state index is 12.7. The Hall–Kier alpha value is -1.95. The van der Waals surface area contributed by atoms with E-state index in [-0.39, 0.29) is 24.2 Å². The number of ether oxygens (including phenoxy) is 2. The van der Waals surface area contributed by atoms with Crippen molar-refractivity contribution >= 4 is 29.1 Å². The molecule has 3 rings (SSSR count). The number of nitrogens with one attached hydrogen (secondary N) is 1. The smallest absolute Gasteiger partial charge is 0.229 e. The Morgan fingerprint density at radius 3 is 2.52 bits per heavy atom. The maximum Gasteiger partial charge on any atom is 0.229 e. The molecular formula is C18H23ClN2O4. The lowest BCUT2D eigenvalue weighted by Crippen LogP contribution is -2.35. The van der Waals surface area contributed by atoms with Gasteiger partial charge in [-0.15, -0.1) is 0 Å². The maximum absolute atomic E-state index is 12.7. The average Bonchev–Trinajstić information content (AvgIpc) is 3.25. The zero-order valence-electron chi connectivity index (χ0n) is 14.5. The molecule has 2 amide bonds. The number of methoxy groups -OCH3 is 2. The third kappa shape index (κ3) is 3.68. The molecule has 2 fully saturated rings. The molecule has 1 aliphatic carbocycles. The van der Waals surface area contributed by atoms with Gasteiger partial charge in [0, 0.05) is 31.1 Å². The van der Waals surface area contributed by atoms with Gasteiger partial charge >= 0.3 is 0 Å². The molecule has 7 heteroatoms. The summed E-state index contributed by atoms with van der Waals surface area (Å²) in [6, 6.07) is 3.53. The lowest BCUT2D eigenvalue weighted by molar-refractivity contribution is -0.129. The normalized spacial score (nSPS) is 20.8. The molecule has 1 saturated carbocycles. The third-order valence-electron chi connectivity index (χ3n) is 5.03. The summed E-state index contributed by atoms with van der Waals surface area (Å²) in [7, 11) is 3.02. The summed E-state index contributed by atoms with van der Waals surface area (Å²) in [6.07, 6.45) is 4.67. The first-order chi connectivity index (χ1) is 12.0. The molecule has 6 nitrogen and oxygen atoms in total. The number of likely N-dealkylation sites (tertiary alicyclic amines) is 1. The third-order valence-corrected chi connectivity index (χ3v) is 5.32. The highest BCUT2D eigenvalue weighted by Gasteiger charge is 2.38. The first-order valence-corrected chi connectivity index (χ1v) is 8.93. The van der Waals surface area contributed by atoms with E-state index in [1.807, 2.05) is 4.90 Å². The number of rotatable bonds is 5. The van der Waals surface area contributed by atoms with Gasteiger partial charge in [0.05, 0.1) is 30.8 Å². The van der Waals surface area contributed by atoms with Crippen molar-refractivity contribution in [1.29, 1.82) is 0 Å². The van der Waals surface area contributed by atoms with Gasteiger partial charge < -0.3 is 19.7 Å². The Morgan fingerprint density at radius 1 is 1.20 bits per heavy atom. The minimum Gasteiger partial charge on any atom is -0.495 e. The van der Waals surface area contributed by atoms with E-state index in [0.717, 1.165) is 25.7 Å². The van der Waals surface area contributed by atoms with Crippen molar-refractivity contribution in [3.8, 4) is 11.5 Å². The molecule has 25 heavy (non-hydrogen) atoms. The molecule has 1 heterocycles. The highest BCUT2D eigenvalue weighted by atomic mass is 35.5. The topological polar surface area (TPSA) is 67.9 Å². The first kappa shape index (κ1) is 17.9. The van der Waals surface area contributed by atoms with Crippen molar-refractivity contribution in [3.63, 3.8) is 0 Å². The predicted octanol–water partition coefficient (Wildman–Crippen LogP) is 3.09. The van der Waals surface area contributed by atoms with Gasteiger partial charge in [0.1, 0.15) is 11.5 Å². The first-order valence-electron chi connectivity index (χ1n) is 8.55. The summed E-state index contributed by atoms with van der Waals surface area (Å²) >= 11 is 6.09. The van der Waals surface area contributed by atoms with Crippen LogP contribution in [-0.2, 0) is 9.59 Å². The van der Waals surface area contributed by atoms with Crippen LogP contribution in [0.1, 0.15) is 32.1 Å². The molecule has 0 aromatic heterocycles. The van der Waals surface area contributed by atoms with Gasteiger partial charge in [-0.25, -0.2) is 0 Å². The average molecular weight is 367 g/mol. The molecule has 1 atom stereocenters. The van der Waals surface area contributed by atoms with Crippen LogP contribution < -0.4 is 14.8 Å². The fourth-order valence-electron chi connectivity index (χ4n) is 3.67. The van der Waals surface area contributed by atoms with Crippen molar-refractivity contribution in [2.45, 2.75) is 38.1 Å². The molecular weight excluding hydrogens is 344 g/mol. The van der Waals surface area contributed by atoms with Crippen LogP contribution in [0.25, 0.3) is 0 Å². The van der Waals surface area contributed by atoms with Crippen LogP contribution in [0.3, 0.4) is 0 Å². The van der Waals surface area contributed by atoms with Gasteiger partial charge in [-0.3, -0.25) is 9.59 Å². The number of hydrogen-bond acceptors (Lipinski definition) is 4. The number of nitrogens with zero attached hydrogens (tertiary/aromatic N) is 1. The minimum absolute atomic E-state index is 0.0766.